The fourth-order valence-corrected chi connectivity index (χ4v) is 2.04. The molecule has 0 aromatic heterocycles. The molecular formula is C16H26O3. The first kappa shape index (κ1) is 17.5. The van der Waals surface area contributed by atoms with Crippen molar-refractivity contribution in [2.75, 3.05) is 7.11 Å². The Morgan fingerprint density at radius 2 is 1.84 bits per heavy atom. The van der Waals surface area contributed by atoms with Crippen molar-refractivity contribution in [1.29, 1.82) is 0 Å². The van der Waals surface area contributed by atoms with Crippen molar-refractivity contribution in [3.63, 3.8) is 0 Å². The number of rotatable bonds is 2. The van der Waals surface area contributed by atoms with Crippen LogP contribution in [0.3, 0.4) is 0 Å². The zero-order valence-electron chi connectivity index (χ0n) is 13.2. The fourth-order valence-electron chi connectivity index (χ4n) is 2.04. The molecule has 108 valence electrons. The van der Waals surface area contributed by atoms with Crippen molar-refractivity contribution < 1.29 is 14.3 Å². The monoisotopic (exact) mass is 266 g/mol. The molecule has 1 aliphatic heterocycles. The second kappa shape index (κ2) is 8.57. The summed E-state index contributed by atoms with van der Waals surface area (Å²) in [5.41, 5.74) is 3.75. The van der Waals surface area contributed by atoms with Gasteiger partial charge in [-0.15, -0.1) is 0 Å². The molecular weight excluding hydrogens is 240 g/mol. The van der Waals surface area contributed by atoms with Crippen LogP contribution in [0.2, 0.25) is 0 Å². The maximum Gasteiger partial charge on any atom is 0.338 e. The van der Waals surface area contributed by atoms with E-state index in [9.17, 15) is 4.79 Å². The van der Waals surface area contributed by atoms with E-state index < -0.39 is 0 Å². The number of carbonyl (C=O) groups is 1. The molecule has 0 spiro atoms. The standard InChI is InChI=1S/C12H14O3.2C2H6/c1-4-8-5-9-10(6-15-12(9)13)7(2)11(8)14-3;2*1-2/h5H,4,6H2,1-3H3;2*1-2H3. The van der Waals surface area contributed by atoms with Crippen LogP contribution in [-0.2, 0) is 17.8 Å². The molecule has 3 nitrogen and oxygen atoms in total. The van der Waals surface area contributed by atoms with Crippen LogP contribution in [-0.4, -0.2) is 13.1 Å². The minimum atomic E-state index is -0.217. The van der Waals surface area contributed by atoms with Crippen LogP contribution in [0.4, 0.5) is 0 Å². The zero-order chi connectivity index (χ0) is 15.0. The molecule has 0 radical (unpaired) electrons. The van der Waals surface area contributed by atoms with Crippen molar-refractivity contribution in [3.8, 4) is 5.75 Å². The average molecular weight is 266 g/mol. The van der Waals surface area contributed by atoms with Gasteiger partial charge in [-0.2, -0.15) is 0 Å². The Labute approximate surface area is 116 Å². The maximum atomic E-state index is 11.4. The van der Waals surface area contributed by atoms with Gasteiger partial charge in [0.25, 0.3) is 0 Å². The number of hydrogen-bond acceptors (Lipinski definition) is 3. The Balaban J connectivity index is 0.000000741. The van der Waals surface area contributed by atoms with Gasteiger partial charge in [-0.1, -0.05) is 34.6 Å². The molecule has 1 aromatic rings. The van der Waals surface area contributed by atoms with E-state index in [1.807, 2.05) is 47.6 Å². The quantitative estimate of drug-likeness (QED) is 0.749. The number of ether oxygens (including phenoxy) is 2. The summed E-state index contributed by atoms with van der Waals surface area (Å²) < 4.78 is 10.4. The largest absolute Gasteiger partial charge is 0.496 e. The molecule has 0 N–H and O–H groups in total. The fraction of sp³-hybridized carbons (Fsp3) is 0.562. The molecule has 0 atom stereocenters. The Morgan fingerprint density at radius 3 is 2.32 bits per heavy atom. The summed E-state index contributed by atoms with van der Waals surface area (Å²) >= 11 is 0. The number of benzene rings is 1. The maximum absolute atomic E-state index is 11.4. The van der Waals surface area contributed by atoms with E-state index >= 15 is 0 Å². The minimum Gasteiger partial charge on any atom is -0.496 e. The molecule has 1 aliphatic rings. The van der Waals surface area contributed by atoms with E-state index in [1.54, 1.807) is 7.11 Å². The summed E-state index contributed by atoms with van der Waals surface area (Å²) in [6.45, 7) is 12.4. The van der Waals surface area contributed by atoms with E-state index in [-0.39, 0.29) is 5.97 Å². The van der Waals surface area contributed by atoms with Gasteiger partial charge >= 0.3 is 5.97 Å². The Kier molecular flexibility index (Phi) is 7.89. The second-order valence-corrected chi connectivity index (χ2v) is 3.65. The lowest BCUT2D eigenvalue weighted by Gasteiger charge is -2.12. The third kappa shape index (κ3) is 3.49. The van der Waals surface area contributed by atoms with E-state index in [1.165, 1.54) is 0 Å². The predicted octanol–water partition coefficient (Wildman–Crippen LogP) is 4.29. The summed E-state index contributed by atoms with van der Waals surface area (Å²) in [6.07, 6.45) is 0.852. The SMILES string of the molecule is CC.CC.CCc1cc2c(c(C)c1OC)COC2=O. The first-order valence-electron chi connectivity index (χ1n) is 7.05. The van der Waals surface area contributed by atoms with Crippen molar-refractivity contribution in [1.82, 2.24) is 0 Å². The Morgan fingerprint density at radius 1 is 1.26 bits per heavy atom. The van der Waals surface area contributed by atoms with Gasteiger partial charge in [-0.05, 0) is 30.5 Å². The van der Waals surface area contributed by atoms with Crippen LogP contribution in [0.15, 0.2) is 6.07 Å². The van der Waals surface area contributed by atoms with Gasteiger partial charge in [0.2, 0.25) is 0 Å². The van der Waals surface area contributed by atoms with Gasteiger partial charge in [0.1, 0.15) is 12.4 Å². The van der Waals surface area contributed by atoms with Gasteiger partial charge in [-0.3, -0.25) is 0 Å². The molecule has 0 bridgehead atoms. The van der Waals surface area contributed by atoms with E-state index in [0.717, 1.165) is 28.9 Å². The summed E-state index contributed by atoms with van der Waals surface area (Å²) in [4.78, 5) is 11.4. The lowest BCUT2D eigenvalue weighted by molar-refractivity contribution is 0.0535. The van der Waals surface area contributed by atoms with E-state index in [4.69, 9.17) is 9.47 Å². The normalized spacial score (nSPS) is 11.4. The van der Waals surface area contributed by atoms with Crippen molar-refractivity contribution in [2.45, 2.75) is 54.6 Å². The van der Waals surface area contributed by atoms with Crippen LogP contribution in [0.1, 0.15) is 61.7 Å². The summed E-state index contributed by atoms with van der Waals surface area (Å²) in [5.74, 6) is 0.667. The molecule has 1 heterocycles. The lowest BCUT2D eigenvalue weighted by atomic mass is 9.97. The number of aryl methyl sites for hydroxylation is 1. The van der Waals surface area contributed by atoms with Crippen LogP contribution in [0.25, 0.3) is 0 Å². The highest BCUT2D eigenvalue weighted by Gasteiger charge is 2.26. The van der Waals surface area contributed by atoms with E-state index in [2.05, 4.69) is 0 Å². The van der Waals surface area contributed by atoms with Crippen LogP contribution in [0, 0.1) is 6.92 Å². The molecule has 0 fully saturated rings. The molecule has 3 heteroatoms. The molecule has 0 amide bonds. The first-order chi connectivity index (χ1) is 9.19. The summed E-state index contributed by atoms with van der Waals surface area (Å²) in [5, 5.41) is 0. The third-order valence-electron chi connectivity index (χ3n) is 2.88. The van der Waals surface area contributed by atoms with Gasteiger partial charge in [0.15, 0.2) is 0 Å². The van der Waals surface area contributed by atoms with Crippen LogP contribution in [0.5, 0.6) is 5.75 Å². The number of carbonyl (C=O) groups excluding carboxylic acids is 1. The topological polar surface area (TPSA) is 35.5 Å². The van der Waals surface area contributed by atoms with Gasteiger partial charge in [0.05, 0.1) is 12.7 Å². The van der Waals surface area contributed by atoms with Gasteiger partial charge < -0.3 is 9.47 Å². The lowest BCUT2D eigenvalue weighted by Crippen LogP contribution is -2.01. The number of fused-ring (bicyclic) bond motifs is 1. The number of cyclic esters (lactones) is 1. The Bertz CT molecular complexity index is 422. The number of methoxy groups -OCH3 is 1. The van der Waals surface area contributed by atoms with Gasteiger partial charge in [0, 0.05) is 5.56 Å². The summed E-state index contributed by atoms with van der Waals surface area (Å²) in [6, 6.07) is 1.89. The zero-order valence-corrected chi connectivity index (χ0v) is 13.2. The third-order valence-corrected chi connectivity index (χ3v) is 2.88. The average Bonchev–Trinajstić information content (AvgIpc) is 2.85. The highest BCUT2D eigenvalue weighted by molar-refractivity contribution is 5.94. The van der Waals surface area contributed by atoms with Crippen LogP contribution < -0.4 is 4.74 Å². The van der Waals surface area contributed by atoms with Crippen molar-refractivity contribution >= 4 is 5.97 Å². The summed E-state index contributed by atoms with van der Waals surface area (Å²) in [7, 11) is 1.66. The number of esters is 1. The van der Waals surface area contributed by atoms with Crippen molar-refractivity contribution in [3.05, 3.63) is 28.3 Å². The second-order valence-electron chi connectivity index (χ2n) is 3.65. The molecule has 0 unspecified atom stereocenters. The molecule has 19 heavy (non-hydrogen) atoms. The van der Waals surface area contributed by atoms with E-state index in [0.29, 0.717) is 12.2 Å². The molecule has 0 saturated carbocycles. The Hall–Kier alpha value is -1.51. The minimum absolute atomic E-state index is 0.217. The molecule has 2 rings (SSSR count). The number of hydrogen-bond donors (Lipinski definition) is 0. The first-order valence-corrected chi connectivity index (χ1v) is 7.05. The smallest absolute Gasteiger partial charge is 0.338 e. The predicted molar refractivity (Wildman–Crippen MR) is 78.9 cm³/mol. The van der Waals surface area contributed by atoms with Gasteiger partial charge in [-0.25, -0.2) is 4.79 Å². The van der Waals surface area contributed by atoms with Crippen molar-refractivity contribution in [2.24, 2.45) is 0 Å². The molecule has 1 aromatic carbocycles. The highest BCUT2D eigenvalue weighted by atomic mass is 16.5. The molecule has 0 saturated heterocycles. The van der Waals surface area contributed by atoms with Crippen LogP contribution >= 0.6 is 0 Å². The molecule has 0 aliphatic carbocycles. The highest BCUT2D eigenvalue weighted by Crippen LogP contribution is 2.33.